The summed E-state index contributed by atoms with van der Waals surface area (Å²) in [4.78, 5) is 26.9. The van der Waals surface area contributed by atoms with Crippen molar-refractivity contribution < 1.29 is 13.2 Å². The van der Waals surface area contributed by atoms with Crippen molar-refractivity contribution in [2.75, 3.05) is 44.2 Å². The van der Waals surface area contributed by atoms with E-state index in [1.54, 1.807) is 12.1 Å². The van der Waals surface area contributed by atoms with Crippen molar-refractivity contribution in [1.29, 1.82) is 0 Å². The van der Waals surface area contributed by atoms with Crippen LogP contribution in [0.3, 0.4) is 0 Å². The minimum absolute atomic E-state index is 0.121. The van der Waals surface area contributed by atoms with Gasteiger partial charge in [0.25, 0.3) is 0 Å². The molecule has 1 aromatic heterocycles. The number of nitrogens with zero attached hydrogens (tertiary/aromatic N) is 5. The number of hydrogen-bond donors (Lipinski definition) is 0. The molecule has 184 valence electrons. The molecule has 2 aliphatic rings. The molecule has 0 atom stereocenters. The molecule has 0 aliphatic carbocycles. The lowest BCUT2D eigenvalue weighted by molar-refractivity contribution is -0.137. The van der Waals surface area contributed by atoms with E-state index in [0.29, 0.717) is 43.9 Å². The summed E-state index contributed by atoms with van der Waals surface area (Å²) in [5.41, 5.74) is 1.98. The van der Waals surface area contributed by atoms with Crippen LogP contribution in [0.1, 0.15) is 49.7 Å². The summed E-state index contributed by atoms with van der Waals surface area (Å²) in [5.74, 6) is 2.07. The molecule has 34 heavy (non-hydrogen) atoms. The van der Waals surface area contributed by atoms with E-state index < -0.39 is 10.0 Å². The molecular formula is C25H35N5O3S. The highest BCUT2D eigenvalue weighted by Crippen LogP contribution is 2.26. The SMILES string of the molecule is Cc1ccc(S(=O)(=O)N2CCC(C(=O)N3CCN(c4cc(C)nc(C(C)C)n4)CC3)CC2)cc1. The smallest absolute Gasteiger partial charge is 0.243 e. The Labute approximate surface area is 203 Å². The topological polar surface area (TPSA) is 86.7 Å². The molecule has 1 amide bonds. The fourth-order valence-corrected chi connectivity index (χ4v) is 6.08. The summed E-state index contributed by atoms with van der Waals surface area (Å²) in [7, 11) is -3.51. The van der Waals surface area contributed by atoms with Gasteiger partial charge in [0.05, 0.1) is 4.90 Å². The van der Waals surface area contributed by atoms with Gasteiger partial charge in [-0.15, -0.1) is 0 Å². The first-order valence-electron chi connectivity index (χ1n) is 12.1. The highest BCUT2D eigenvalue weighted by atomic mass is 32.2. The molecule has 2 aliphatic heterocycles. The molecule has 0 unspecified atom stereocenters. The van der Waals surface area contributed by atoms with Gasteiger partial charge in [-0.2, -0.15) is 4.31 Å². The zero-order valence-corrected chi connectivity index (χ0v) is 21.4. The molecule has 3 heterocycles. The van der Waals surface area contributed by atoms with Gasteiger partial charge >= 0.3 is 0 Å². The van der Waals surface area contributed by atoms with E-state index >= 15 is 0 Å². The molecule has 2 fully saturated rings. The van der Waals surface area contributed by atoms with Crippen LogP contribution in [0.25, 0.3) is 0 Å². The number of hydrogen-bond acceptors (Lipinski definition) is 6. The molecular weight excluding hydrogens is 450 g/mol. The number of rotatable bonds is 5. The number of amides is 1. The van der Waals surface area contributed by atoms with Crippen LogP contribution >= 0.6 is 0 Å². The van der Waals surface area contributed by atoms with E-state index in [1.165, 1.54) is 4.31 Å². The van der Waals surface area contributed by atoms with Crippen molar-refractivity contribution in [3.63, 3.8) is 0 Å². The molecule has 0 spiro atoms. The van der Waals surface area contributed by atoms with Crippen molar-refractivity contribution in [1.82, 2.24) is 19.2 Å². The summed E-state index contributed by atoms with van der Waals surface area (Å²) in [6.45, 7) is 11.6. The minimum atomic E-state index is -3.51. The largest absolute Gasteiger partial charge is 0.353 e. The standard InChI is InChI=1S/C25H35N5O3S/c1-18(2)24-26-20(4)17-23(27-24)28-13-15-29(16-14-28)25(31)21-9-11-30(12-10-21)34(32,33)22-7-5-19(3)6-8-22/h5-8,17-18,21H,9-16H2,1-4H3. The van der Waals surface area contributed by atoms with Crippen LogP contribution in [0.15, 0.2) is 35.2 Å². The first-order chi connectivity index (χ1) is 16.1. The Kier molecular flexibility index (Phi) is 7.23. The molecule has 0 saturated carbocycles. The number of anilines is 1. The van der Waals surface area contributed by atoms with E-state index in [1.807, 2.05) is 36.9 Å². The van der Waals surface area contributed by atoms with Crippen LogP contribution in [-0.2, 0) is 14.8 Å². The molecule has 9 heteroatoms. The third-order valence-corrected chi connectivity index (χ3v) is 8.66. The number of benzene rings is 1. The second-order valence-corrected chi connectivity index (χ2v) is 11.6. The van der Waals surface area contributed by atoms with Crippen molar-refractivity contribution in [2.45, 2.75) is 51.3 Å². The maximum atomic E-state index is 13.2. The van der Waals surface area contributed by atoms with Gasteiger partial charge in [0.2, 0.25) is 15.9 Å². The van der Waals surface area contributed by atoms with Crippen molar-refractivity contribution in [3.8, 4) is 0 Å². The normalized spacial score (nSPS) is 18.5. The lowest BCUT2D eigenvalue weighted by Crippen LogP contribution is -2.52. The van der Waals surface area contributed by atoms with Crippen LogP contribution in [0.4, 0.5) is 5.82 Å². The van der Waals surface area contributed by atoms with E-state index in [0.717, 1.165) is 36.0 Å². The van der Waals surface area contributed by atoms with Crippen LogP contribution in [0, 0.1) is 19.8 Å². The van der Waals surface area contributed by atoms with Crippen LogP contribution < -0.4 is 4.90 Å². The molecule has 4 rings (SSSR count). The molecule has 2 saturated heterocycles. The molecule has 0 N–H and O–H groups in total. The maximum Gasteiger partial charge on any atom is 0.243 e. The Morgan fingerprint density at radius 1 is 0.941 bits per heavy atom. The first-order valence-corrected chi connectivity index (χ1v) is 13.6. The van der Waals surface area contributed by atoms with Crippen molar-refractivity contribution >= 4 is 21.7 Å². The monoisotopic (exact) mass is 485 g/mol. The second kappa shape index (κ2) is 10.00. The second-order valence-electron chi connectivity index (χ2n) is 9.68. The third kappa shape index (κ3) is 5.25. The number of sulfonamides is 1. The van der Waals surface area contributed by atoms with Crippen LogP contribution in [0.5, 0.6) is 0 Å². The molecule has 0 radical (unpaired) electrons. The predicted octanol–water partition coefficient (Wildman–Crippen LogP) is 2.97. The van der Waals surface area contributed by atoms with E-state index in [4.69, 9.17) is 4.98 Å². The number of aryl methyl sites for hydroxylation is 2. The Bertz CT molecular complexity index is 1120. The van der Waals surface area contributed by atoms with Gasteiger partial charge < -0.3 is 9.80 Å². The van der Waals surface area contributed by atoms with E-state index in [-0.39, 0.29) is 17.7 Å². The lowest BCUT2D eigenvalue weighted by Gasteiger charge is -2.38. The summed E-state index contributed by atoms with van der Waals surface area (Å²) >= 11 is 0. The zero-order valence-electron chi connectivity index (χ0n) is 20.6. The molecule has 2 aromatic rings. The Morgan fingerprint density at radius 3 is 2.15 bits per heavy atom. The van der Waals surface area contributed by atoms with Crippen molar-refractivity contribution in [2.24, 2.45) is 5.92 Å². The summed E-state index contributed by atoms with van der Waals surface area (Å²) in [6.07, 6.45) is 1.12. The predicted molar refractivity (Wildman–Crippen MR) is 132 cm³/mol. The van der Waals surface area contributed by atoms with E-state index in [9.17, 15) is 13.2 Å². The van der Waals surface area contributed by atoms with E-state index in [2.05, 4.69) is 23.7 Å². The lowest BCUT2D eigenvalue weighted by atomic mass is 9.96. The van der Waals surface area contributed by atoms with Gasteiger partial charge in [-0.25, -0.2) is 18.4 Å². The van der Waals surface area contributed by atoms with Gasteiger partial charge in [-0.1, -0.05) is 31.5 Å². The van der Waals surface area contributed by atoms with Crippen LogP contribution in [-0.4, -0.2) is 72.8 Å². The summed E-state index contributed by atoms with van der Waals surface area (Å²) < 4.78 is 27.4. The molecule has 0 bridgehead atoms. The highest BCUT2D eigenvalue weighted by Gasteiger charge is 2.34. The Hall–Kier alpha value is -2.52. The van der Waals surface area contributed by atoms with Crippen molar-refractivity contribution in [3.05, 3.63) is 47.4 Å². The fraction of sp³-hybridized carbons (Fsp3) is 0.560. The molecule has 8 nitrogen and oxygen atoms in total. The maximum absolute atomic E-state index is 13.2. The number of piperazine rings is 1. The minimum Gasteiger partial charge on any atom is -0.353 e. The quantitative estimate of drug-likeness (QED) is 0.647. The highest BCUT2D eigenvalue weighted by molar-refractivity contribution is 7.89. The van der Waals surface area contributed by atoms with Gasteiger partial charge in [-0.05, 0) is 38.8 Å². The summed E-state index contributed by atoms with van der Waals surface area (Å²) in [6, 6.07) is 8.95. The fourth-order valence-electron chi connectivity index (χ4n) is 4.61. The Balaban J connectivity index is 1.32. The van der Waals surface area contributed by atoms with Gasteiger partial charge in [0.15, 0.2) is 0 Å². The average Bonchev–Trinajstić information content (AvgIpc) is 2.83. The number of piperidine rings is 1. The number of carbonyl (C=O) groups is 1. The average molecular weight is 486 g/mol. The zero-order chi connectivity index (χ0) is 24.5. The van der Waals surface area contributed by atoms with Crippen LogP contribution in [0.2, 0.25) is 0 Å². The summed E-state index contributed by atoms with van der Waals surface area (Å²) in [5, 5.41) is 0. The first kappa shape index (κ1) is 24.6. The number of carbonyl (C=O) groups excluding carboxylic acids is 1. The Morgan fingerprint density at radius 2 is 1.56 bits per heavy atom. The van der Waals surface area contributed by atoms with Gasteiger partial charge in [0, 0.05) is 62.9 Å². The third-order valence-electron chi connectivity index (χ3n) is 6.75. The van der Waals surface area contributed by atoms with Gasteiger partial charge in [-0.3, -0.25) is 4.79 Å². The molecule has 1 aromatic carbocycles. The number of aromatic nitrogens is 2. The van der Waals surface area contributed by atoms with Gasteiger partial charge in [0.1, 0.15) is 11.6 Å².